The summed E-state index contributed by atoms with van der Waals surface area (Å²) in [5.41, 5.74) is 8.60. The van der Waals surface area contributed by atoms with Gasteiger partial charge in [-0.15, -0.1) is 0 Å². The van der Waals surface area contributed by atoms with Crippen LogP contribution in [0.5, 0.6) is 5.75 Å². The van der Waals surface area contributed by atoms with Crippen LogP contribution in [0.25, 0.3) is 22.2 Å². The normalized spacial score (nSPS) is 11.7. The Kier molecular flexibility index (Phi) is 8.21. The van der Waals surface area contributed by atoms with Gasteiger partial charge in [-0.1, -0.05) is 23.7 Å². The molecule has 12 heteroatoms. The van der Waals surface area contributed by atoms with Gasteiger partial charge in [-0.05, 0) is 73.2 Å². The summed E-state index contributed by atoms with van der Waals surface area (Å²) in [5.74, 6) is 0.644. The van der Waals surface area contributed by atoms with Gasteiger partial charge in [-0.3, -0.25) is 10.1 Å². The van der Waals surface area contributed by atoms with Crippen LogP contribution in [0, 0.1) is 5.82 Å². The maximum Gasteiger partial charge on any atom is 0.411 e. The number of imide groups is 1. The van der Waals surface area contributed by atoms with Crippen molar-refractivity contribution in [3.8, 4) is 17.1 Å². The molecule has 2 aromatic heterocycles. The number of carboxylic acid groups (broad SMARTS) is 1. The molecule has 2 heterocycles. The number of hydrogen-bond donors (Lipinski definition) is 3. The van der Waals surface area contributed by atoms with Crippen molar-refractivity contribution in [1.82, 2.24) is 15.3 Å². The van der Waals surface area contributed by atoms with E-state index >= 15 is 0 Å². The number of nitrogens with one attached hydrogen (secondary N) is 1. The number of aromatic nitrogens is 2. The molecule has 214 valence electrons. The van der Waals surface area contributed by atoms with Crippen LogP contribution in [0.15, 0.2) is 83.5 Å². The van der Waals surface area contributed by atoms with E-state index in [4.69, 9.17) is 31.6 Å². The van der Waals surface area contributed by atoms with Crippen molar-refractivity contribution in [2.24, 2.45) is 0 Å². The molecule has 0 saturated heterocycles. The average molecular weight is 590 g/mol. The second-order valence-corrected chi connectivity index (χ2v) is 9.80. The highest BCUT2D eigenvalue weighted by Crippen LogP contribution is 2.33. The van der Waals surface area contributed by atoms with Crippen LogP contribution in [0.1, 0.15) is 18.2 Å². The summed E-state index contributed by atoms with van der Waals surface area (Å²) in [7, 11) is 0. The number of carbonyl (C=O) groups excluding carboxylic acids is 1. The molecule has 0 spiro atoms. The van der Waals surface area contributed by atoms with Crippen molar-refractivity contribution in [3.63, 3.8) is 0 Å². The third-order valence-electron chi connectivity index (χ3n) is 6.55. The molecule has 5 aromatic rings. The number of halogens is 2. The molecule has 0 fully saturated rings. The summed E-state index contributed by atoms with van der Waals surface area (Å²) < 4.78 is 25.4. The molecule has 42 heavy (non-hydrogen) atoms. The van der Waals surface area contributed by atoms with Crippen LogP contribution >= 0.6 is 11.6 Å². The molecule has 10 nitrogen and oxygen atoms in total. The maximum atomic E-state index is 13.5. The highest BCUT2D eigenvalue weighted by molar-refractivity contribution is 6.32. The van der Waals surface area contributed by atoms with Gasteiger partial charge in [0.1, 0.15) is 47.9 Å². The highest BCUT2D eigenvalue weighted by atomic mass is 35.5. The van der Waals surface area contributed by atoms with E-state index in [1.165, 1.54) is 18.5 Å². The second kappa shape index (κ2) is 12.1. The molecule has 1 unspecified atom stereocenters. The number of furan rings is 1. The fraction of sp³-hybridized carbons (Fsp3) is 0.133. The Labute approximate surface area is 244 Å². The van der Waals surface area contributed by atoms with Gasteiger partial charge in [0.05, 0.1) is 17.1 Å². The number of rotatable bonds is 9. The number of amides is 2. The maximum absolute atomic E-state index is 13.5. The number of nitrogens with zero attached hydrogens (tertiary/aromatic N) is 3. The molecular formula is C30H25ClFN5O5. The number of benzene rings is 3. The van der Waals surface area contributed by atoms with E-state index in [0.717, 1.165) is 5.56 Å². The third-order valence-corrected chi connectivity index (χ3v) is 6.84. The molecule has 4 N–H and O–H groups in total. The fourth-order valence-electron chi connectivity index (χ4n) is 4.39. The van der Waals surface area contributed by atoms with E-state index in [-0.39, 0.29) is 24.0 Å². The summed E-state index contributed by atoms with van der Waals surface area (Å²) >= 11 is 6.52. The average Bonchev–Trinajstić information content (AvgIpc) is 3.43. The molecule has 0 radical (unpaired) electrons. The summed E-state index contributed by atoms with van der Waals surface area (Å²) in [6, 6.07) is 19.1. The quantitative estimate of drug-likeness (QED) is 0.187. The number of hydrogen-bond acceptors (Lipinski definition) is 8. The van der Waals surface area contributed by atoms with E-state index in [9.17, 15) is 14.0 Å². The second-order valence-electron chi connectivity index (χ2n) is 9.39. The first-order valence-corrected chi connectivity index (χ1v) is 13.1. The Hall–Kier alpha value is -5.16. The van der Waals surface area contributed by atoms with Crippen molar-refractivity contribution >= 4 is 46.0 Å². The standard InChI is InChI=1S/C30H25ClFN5O5/c1-17(29(38)36-30(39)40)37(21-6-9-27(24(31)13-21)41-15-18-3-2-4-20(32)11-18)14-22-7-10-26(42-22)19-5-8-25-23(12-19)28(33)35-16-34-25/h2-13,16-17H,14-15H2,1H3,(H,36,38)(H,39,40)(H2,33,34,35). The first-order valence-electron chi connectivity index (χ1n) is 12.7. The van der Waals surface area contributed by atoms with Gasteiger partial charge >= 0.3 is 6.09 Å². The van der Waals surface area contributed by atoms with E-state index < -0.39 is 18.0 Å². The minimum Gasteiger partial charge on any atom is -0.487 e. The fourth-order valence-corrected chi connectivity index (χ4v) is 4.62. The minimum atomic E-state index is -1.47. The first-order chi connectivity index (χ1) is 20.2. The van der Waals surface area contributed by atoms with Gasteiger partial charge < -0.3 is 24.9 Å². The molecule has 0 saturated carbocycles. The first kappa shape index (κ1) is 28.4. The molecule has 3 aromatic carbocycles. The molecular weight excluding hydrogens is 565 g/mol. The Morgan fingerprint density at radius 2 is 1.95 bits per heavy atom. The molecule has 0 bridgehead atoms. The van der Waals surface area contributed by atoms with Crippen molar-refractivity contribution in [2.75, 3.05) is 10.6 Å². The Morgan fingerprint density at radius 3 is 2.71 bits per heavy atom. The number of carbonyl (C=O) groups is 2. The zero-order valence-electron chi connectivity index (χ0n) is 22.3. The van der Waals surface area contributed by atoms with Crippen molar-refractivity contribution in [2.45, 2.75) is 26.1 Å². The Balaban J connectivity index is 1.40. The number of ether oxygens (including phenoxy) is 1. The summed E-state index contributed by atoms with van der Waals surface area (Å²) in [6.07, 6.45) is -0.0701. The van der Waals surface area contributed by atoms with Gasteiger partial charge in [0.2, 0.25) is 0 Å². The largest absolute Gasteiger partial charge is 0.487 e. The predicted molar refractivity (Wildman–Crippen MR) is 156 cm³/mol. The van der Waals surface area contributed by atoms with Crippen molar-refractivity contribution in [1.29, 1.82) is 0 Å². The van der Waals surface area contributed by atoms with Gasteiger partial charge in [0, 0.05) is 16.6 Å². The molecule has 1 atom stereocenters. The Bertz CT molecular complexity index is 1780. The number of fused-ring (bicyclic) bond motifs is 1. The van der Waals surface area contributed by atoms with Crippen LogP contribution in [-0.2, 0) is 17.9 Å². The summed E-state index contributed by atoms with van der Waals surface area (Å²) in [5, 5.41) is 11.9. The van der Waals surface area contributed by atoms with E-state index in [1.54, 1.807) is 54.3 Å². The smallest absolute Gasteiger partial charge is 0.411 e. The zero-order chi connectivity index (χ0) is 29.8. The highest BCUT2D eigenvalue weighted by Gasteiger charge is 2.25. The van der Waals surface area contributed by atoms with E-state index in [1.807, 2.05) is 23.5 Å². The lowest BCUT2D eigenvalue weighted by Crippen LogP contribution is -2.46. The molecule has 0 aliphatic carbocycles. The van der Waals surface area contributed by atoms with Crippen LogP contribution in [0.3, 0.4) is 0 Å². The number of nitrogen functional groups attached to an aromatic ring is 1. The van der Waals surface area contributed by atoms with Crippen LogP contribution < -0.4 is 20.7 Å². The minimum absolute atomic E-state index is 0.0969. The van der Waals surface area contributed by atoms with E-state index in [0.29, 0.717) is 45.2 Å². The van der Waals surface area contributed by atoms with Crippen LogP contribution in [0.4, 0.5) is 20.7 Å². The van der Waals surface area contributed by atoms with Gasteiger partial charge in [0.25, 0.3) is 5.91 Å². The zero-order valence-corrected chi connectivity index (χ0v) is 23.0. The monoisotopic (exact) mass is 589 g/mol. The summed E-state index contributed by atoms with van der Waals surface area (Å²) in [4.78, 5) is 33.8. The van der Waals surface area contributed by atoms with Crippen molar-refractivity contribution < 1.29 is 28.2 Å². The number of anilines is 2. The summed E-state index contributed by atoms with van der Waals surface area (Å²) in [6.45, 7) is 1.77. The van der Waals surface area contributed by atoms with Crippen LogP contribution in [-0.4, -0.2) is 33.1 Å². The molecule has 0 aliphatic heterocycles. The number of nitrogens with two attached hydrogens (primary N) is 1. The van der Waals surface area contributed by atoms with Crippen LogP contribution in [0.2, 0.25) is 5.02 Å². The topological polar surface area (TPSA) is 144 Å². The lowest BCUT2D eigenvalue weighted by Gasteiger charge is -2.29. The third kappa shape index (κ3) is 6.42. The van der Waals surface area contributed by atoms with Crippen molar-refractivity contribution in [3.05, 3.63) is 101 Å². The van der Waals surface area contributed by atoms with Gasteiger partial charge in [0.15, 0.2) is 0 Å². The molecule has 0 aliphatic rings. The van der Waals surface area contributed by atoms with Gasteiger partial charge in [-0.2, -0.15) is 0 Å². The Morgan fingerprint density at radius 1 is 1.12 bits per heavy atom. The van der Waals surface area contributed by atoms with E-state index in [2.05, 4.69) is 9.97 Å². The lowest BCUT2D eigenvalue weighted by atomic mass is 10.1. The molecule has 5 rings (SSSR count). The SMILES string of the molecule is CC(C(=O)NC(=O)O)N(Cc1ccc(-c2ccc3ncnc(N)c3c2)o1)c1ccc(OCc2cccc(F)c2)c(Cl)c1. The predicted octanol–water partition coefficient (Wildman–Crippen LogP) is 6.03. The molecule has 2 amide bonds. The van der Waals surface area contributed by atoms with Gasteiger partial charge in [-0.25, -0.2) is 19.2 Å². The lowest BCUT2D eigenvalue weighted by molar-refractivity contribution is -0.121.